The van der Waals surface area contributed by atoms with Gasteiger partial charge in [0.25, 0.3) is 0 Å². The highest BCUT2D eigenvalue weighted by atomic mass is 16.3. The number of aromatic nitrogens is 1. The third kappa shape index (κ3) is 6.48. The fourth-order valence-electron chi connectivity index (χ4n) is 13.9. The Bertz CT molecular complexity index is 5000. The average molecular weight is 1010 g/mol. The molecule has 2 aromatic heterocycles. The summed E-state index contributed by atoms with van der Waals surface area (Å²) in [6.07, 6.45) is 7.84. The minimum absolute atomic E-state index is 0.166. The molecule has 2 aliphatic rings. The number of rotatable bonds is 6. The summed E-state index contributed by atoms with van der Waals surface area (Å²) in [6.45, 7) is 0. The van der Waals surface area contributed by atoms with Crippen molar-refractivity contribution in [3.8, 4) is 50.2 Å². The second-order valence-corrected chi connectivity index (χ2v) is 21.3. The van der Waals surface area contributed by atoms with Gasteiger partial charge in [0, 0.05) is 54.3 Å². The summed E-state index contributed by atoms with van der Waals surface area (Å²) in [6, 6.07) is 94.2. The first-order valence-corrected chi connectivity index (χ1v) is 27.5. The first kappa shape index (κ1) is 44.0. The molecule has 0 N–H and O–H groups in total. The molecule has 17 rings (SSSR count). The van der Waals surface area contributed by atoms with Crippen molar-refractivity contribution in [2.75, 3.05) is 4.90 Å². The molecule has 0 fully saturated rings. The van der Waals surface area contributed by atoms with Crippen molar-refractivity contribution >= 4 is 104 Å². The molecule has 1 aliphatic carbocycles. The van der Waals surface area contributed by atoms with E-state index in [2.05, 4.69) is 282 Å². The lowest BCUT2D eigenvalue weighted by Crippen LogP contribution is -2.27. The fraction of sp³-hybridized carbons (Fsp3) is 0.0263. The second-order valence-electron chi connectivity index (χ2n) is 21.3. The topological polar surface area (TPSA) is 21.3 Å². The van der Waals surface area contributed by atoms with E-state index in [4.69, 9.17) is 4.42 Å². The molecular formula is C76H48N2O. The van der Waals surface area contributed by atoms with Gasteiger partial charge in [0.05, 0.1) is 28.5 Å². The van der Waals surface area contributed by atoms with Crippen molar-refractivity contribution in [3.05, 3.63) is 279 Å². The third-order valence-corrected chi connectivity index (χ3v) is 17.2. The molecule has 3 heteroatoms. The summed E-state index contributed by atoms with van der Waals surface area (Å²) in [5, 5.41) is 14.4. The zero-order chi connectivity index (χ0) is 51.7. The lowest BCUT2D eigenvalue weighted by atomic mass is 9.87. The van der Waals surface area contributed by atoms with Crippen LogP contribution in [-0.2, 0) is 0 Å². The van der Waals surface area contributed by atoms with Gasteiger partial charge in [-0.05, 0) is 127 Å². The van der Waals surface area contributed by atoms with Crippen LogP contribution in [0.15, 0.2) is 277 Å². The summed E-state index contributed by atoms with van der Waals surface area (Å²) >= 11 is 0. The van der Waals surface area contributed by atoms with Crippen LogP contribution in [0, 0.1) is 0 Å². The zero-order valence-electron chi connectivity index (χ0n) is 43.1. The Labute approximate surface area is 456 Å². The number of furan rings is 1. The molecule has 0 spiro atoms. The average Bonchev–Trinajstić information content (AvgIpc) is 4.28. The molecule has 15 aromatic rings. The Kier molecular flexibility index (Phi) is 9.54. The van der Waals surface area contributed by atoms with E-state index in [1.165, 1.54) is 126 Å². The molecule has 79 heavy (non-hydrogen) atoms. The number of nitrogens with zero attached hydrogens (tertiary/aromatic N) is 2. The molecule has 368 valence electrons. The third-order valence-electron chi connectivity index (χ3n) is 17.2. The maximum absolute atomic E-state index is 6.91. The van der Waals surface area contributed by atoms with Crippen LogP contribution in [0.3, 0.4) is 0 Å². The van der Waals surface area contributed by atoms with E-state index in [-0.39, 0.29) is 6.04 Å². The Morgan fingerprint density at radius 3 is 1.54 bits per heavy atom. The normalized spacial score (nSPS) is 14.2. The van der Waals surface area contributed by atoms with E-state index in [9.17, 15) is 0 Å². The number of fused-ring (bicyclic) bond motifs is 13. The van der Waals surface area contributed by atoms with Gasteiger partial charge in [0.1, 0.15) is 11.2 Å². The van der Waals surface area contributed by atoms with Crippen molar-refractivity contribution in [1.29, 1.82) is 0 Å². The van der Waals surface area contributed by atoms with Crippen LogP contribution in [0.4, 0.5) is 11.4 Å². The van der Waals surface area contributed by atoms with Crippen molar-refractivity contribution in [3.63, 3.8) is 0 Å². The Hall–Kier alpha value is -10.2. The Morgan fingerprint density at radius 1 is 0.342 bits per heavy atom. The van der Waals surface area contributed by atoms with E-state index in [1.807, 2.05) is 0 Å². The monoisotopic (exact) mass is 1000 g/mol. The SMILES string of the molecule is C1=CCC2C(=C1)c1cc(-c3ccccc3)ccc1N2c1c2ccccc2c(-c2cccc3oc4ccc(-c5c6ccccc6c(-n6c7ccccc7c7cc(-c8ccccc8)ccc76)c6ccccc56)cc4c23)c2ccccc12. The van der Waals surface area contributed by atoms with Gasteiger partial charge in [-0.25, -0.2) is 0 Å². The molecule has 1 atom stereocenters. The summed E-state index contributed by atoms with van der Waals surface area (Å²) in [5.74, 6) is 0. The molecule has 3 heterocycles. The van der Waals surface area contributed by atoms with E-state index in [1.54, 1.807) is 0 Å². The highest BCUT2D eigenvalue weighted by molar-refractivity contribution is 6.27. The molecular weight excluding hydrogens is 957 g/mol. The Morgan fingerprint density at radius 2 is 0.873 bits per heavy atom. The molecule has 0 saturated heterocycles. The van der Waals surface area contributed by atoms with E-state index >= 15 is 0 Å². The lowest BCUT2D eigenvalue weighted by molar-refractivity contribution is 0.669. The van der Waals surface area contributed by atoms with Gasteiger partial charge < -0.3 is 13.9 Å². The number of benzene rings is 13. The quantitative estimate of drug-likeness (QED) is 0.155. The van der Waals surface area contributed by atoms with Crippen LogP contribution < -0.4 is 4.90 Å². The van der Waals surface area contributed by atoms with Crippen LogP contribution in [-0.4, -0.2) is 10.6 Å². The molecule has 1 aliphatic heterocycles. The van der Waals surface area contributed by atoms with Gasteiger partial charge in [-0.1, -0.05) is 224 Å². The van der Waals surface area contributed by atoms with E-state index < -0.39 is 0 Å². The van der Waals surface area contributed by atoms with E-state index in [0.717, 1.165) is 39.5 Å². The number of hydrogen-bond acceptors (Lipinski definition) is 2. The molecule has 13 aromatic carbocycles. The van der Waals surface area contributed by atoms with Gasteiger partial charge in [-0.15, -0.1) is 0 Å². The first-order chi connectivity index (χ1) is 39.2. The van der Waals surface area contributed by atoms with Crippen LogP contribution in [0.5, 0.6) is 0 Å². The first-order valence-electron chi connectivity index (χ1n) is 27.5. The molecule has 1 unspecified atom stereocenters. The summed E-state index contributed by atoms with van der Waals surface area (Å²) in [4.78, 5) is 2.65. The smallest absolute Gasteiger partial charge is 0.136 e. The summed E-state index contributed by atoms with van der Waals surface area (Å²) in [7, 11) is 0. The minimum atomic E-state index is 0.166. The second kappa shape index (κ2) is 17.1. The predicted octanol–water partition coefficient (Wildman–Crippen LogP) is 20.8. The van der Waals surface area contributed by atoms with Crippen LogP contribution in [0.25, 0.3) is 143 Å². The number of allylic oxidation sites excluding steroid dienone is 2. The minimum Gasteiger partial charge on any atom is -0.456 e. The van der Waals surface area contributed by atoms with Gasteiger partial charge in [0.15, 0.2) is 0 Å². The molecule has 0 saturated carbocycles. The van der Waals surface area contributed by atoms with Crippen molar-refractivity contribution in [2.24, 2.45) is 0 Å². The molecule has 3 nitrogen and oxygen atoms in total. The highest BCUT2D eigenvalue weighted by Crippen LogP contribution is 2.55. The fourth-order valence-corrected chi connectivity index (χ4v) is 13.9. The summed E-state index contributed by atoms with van der Waals surface area (Å²) in [5.41, 5.74) is 20.1. The molecule has 0 bridgehead atoms. The van der Waals surface area contributed by atoms with Gasteiger partial charge >= 0.3 is 0 Å². The van der Waals surface area contributed by atoms with Crippen LogP contribution in [0.2, 0.25) is 0 Å². The Balaban J connectivity index is 0.876. The number of hydrogen-bond donors (Lipinski definition) is 0. The standard InChI is InChI=1S/C76H48N2O/c1-3-20-47(21-4-1)49-38-41-68-63(44-49)52-24-15-17-35-66(52)77(68)75-58-30-11-7-26-54(58)72(55-27-8-12-31-59(55)75)51-40-43-70-65(46-51)74-62(34-19-37-71(74)79-70)73-56-28-9-13-32-60(56)76(61-33-14-10-29-57(61)73)78-67-36-18-16-25-53(67)64-45-50(39-42-69(64)78)48-22-5-2-6-23-48/h1-35,37-46,67H,36H2. The van der Waals surface area contributed by atoms with Gasteiger partial charge in [-0.2, -0.15) is 0 Å². The predicted molar refractivity (Wildman–Crippen MR) is 334 cm³/mol. The number of para-hydroxylation sites is 1. The largest absolute Gasteiger partial charge is 0.456 e. The van der Waals surface area contributed by atoms with E-state index in [0.29, 0.717) is 0 Å². The van der Waals surface area contributed by atoms with Crippen molar-refractivity contribution in [1.82, 2.24) is 4.57 Å². The maximum atomic E-state index is 6.91. The summed E-state index contributed by atoms with van der Waals surface area (Å²) < 4.78 is 9.42. The maximum Gasteiger partial charge on any atom is 0.136 e. The van der Waals surface area contributed by atoms with Crippen molar-refractivity contribution < 1.29 is 4.42 Å². The van der Waals surface area contributed by atoms with Crippen LogP contribution in [0.1, 0.15) is 12.0 Å². The number of anilines is 2. The van der Waals surface area contributed by atoms with Gasteiger partial charge in [-0.3, -0.25) is 0 Å². The highest BCUT2D eigenvalue weighted by Gasteiger charge is 2.37. The molecule has 0 amide bonds. The lowest BCUT2D eigenvalue weighted by Gasteiger charge is -2.32. The molecule has 0 radical (unpaired) electrons. The van der Waals surface area contributed by atoms with Gasteiger partial charge in [0.2, 0.25) is 0 Å². The zero-order valence-corrected chi connectivity index (χ0v) is 43.1. The van der Waals surface area contributed by atoms with Crippen LogP contribution >= 0.6 is 0 Å². The van der Waals surface area contributed by atoms with Crippen molar-refractivity contribution in [2.45, 2.75) is 12.5 Å².